The molecule has 1 saturated heterocycles. The first-order valence-corrected chi connectivity index (χ1v) is 9.67. The van der Waals surface area contributed by atoms with E-state index in [4.69, 9.17) is 14.2 Å². The van der Waals surface area contributed by atoms with Gasteiger partial charge in [0.05, 0.1) is 22.9 Å². The zero-order valence-electron chi connectivity index (χ0n) is 15.8. The molecule has 3 aliphatic rings. The third kappa shape index (κ3) is 3.08. The maximum absolute atomic E-state index is 13.0. The molecule has 0 radical (unpaired) electrons. The number of ketones is 1. The number of Topliss-reactive ketones (excluding diaryl/α,β-unsaturated/α-hetero) is 1. The van der Waals surface area contributed by atoms with Crippen LogP contribution in [0, 0.1) is 6.92 Å². The van der Waals surface area contributed by atoms with Crippen LogP contribution in [0.15, 0.2) is 36.2 Å². The zero-order valence-corrected chi connectivity index (χ0v) is 15.8. The van der Waals surface area contributed by atoms with Crippen LogP contribution >= 0.6 is 0 Å². The smallest absolute Gasteiger partial charge is 0.232 e. The molecule has 0 spiro atoms. The molecular weight excluding hydrogens is 356 g/mol. The largest absolute Gasteiger partial charge is 0.478 e. The van der Waals surface area contributed by atoms with Gasteiger partial charge in [0.2, 0.25) is 5.78 Å². The number of hydrogen-bond acceptors (Lipinski definition) is 6. The number of ether oxygens (including phenoxy) is 3. The van der Waals surface area contributed by atoms with Gasteiger partial charge in [0, 0.05) is 32.0 Å². The van der Waals surface area contributed by atoms with Crippen LogP contribution in [-0.2, 0) is 11.3 Å². The van der Waals surface area contributed by atoms with Crippen LogP contribution in [0.5, 0.6) is 11.5 Å². The molecule has 1 fully saturated rings. The van der Waals surface area contributed by atoms with Gasteiger partial charge in [-0.2, -0.15) is 0 Å². The van der Waals surface area contributed by atoms with E-state index < -0.39 is 0 Å². The quantitative estimate of drug-likeness (QED) is 0.764. The van der Waals surface area contributed by atoms with Gasteiger partial charge in [-0.15, -0.1) is 0 Å². The van der Waals surface area contributed by atoms with Crippen molar-refractivity contribution in [3.8, 4) is 11.5 Å². The van der Waals surface area contributed by atoms with Crippen LogP contribution < -0.4 is 9.47 Å². The number of carbonyl (C=O) groups is 1. The average Bonchev–Trinajstić information content (AvgIpc) is 3.32. The molecule has 4 heterocycles. The van der Waals surface area contributed by atoms with Crippen LogP contribution in [0.4, 0.5) is 0 Å². The number of hydrogen-bond donors (Lipinski definition) is 0. The highest BCUT2D eigenvalue weighted by atomic mass is 16.5. The number of pyridine rings is 1. The highest BCUT2D eigenvalue weighted by Crippen LogP contribution is 2.44. The summed E-state index contributed by atoms with van der Waals surface area (Å²) in [5.74, 6) is 1.63. The third-order valence-corrected chi connectivity index (χ3v) is 5.44. The lowest BCUT2D eigenvalue weighted by atomic mass is 9.98. The lowest BCUT2D eigenvalue weighted by Crippen LogP contribution is -2.37. The molecule has 1 aromatic carbocycles. The van der Waals surface area contributed by atoms with E-state index in [0.29, 0.717) is 36.0 Å². The number of nitrogens with zero attached hydrogens (tertiary/aromatic N) is 2. The second-order valence-corrected chi connectivity index (χ2v) is 7.49. The minimum absolute atomic E-state index is 0.0998. The molecule has 0 bridgehead atoms. The van der Waals surface area contributed by atoms with Crippen LogP contribution in [0.1, 0.15) is 40.0 Å². The highest BCUT2D eigenvalue weighted by molar-refractivity contribution is 6.15. The van der Waals surface area contributed by atoms with Crippen LogP contribution in [0.25, 0.3) is 6.08 Å². The monoisotopic (exact) mass is 378 g/mol. The molecule has 5 rings (SSSR count). The van der Waals surface area contributed by atoms with E-state index in [1.807, 2.05) is 31.2 Å². The van der Waals surface area contributed by atoms with E-state index in [2.05, 4.69) is 9.88 Å². The van der Waals surface area contributed by atoms with Gasteiger partial charge < -0.3 is 14.2 Å². The summed E-state index contributed by atoms with van der Waals surface area (Å²) in [5.41, 5.74) is 3.13. The minimum Gasteiger partial charge on any atom is -0.478 e. The molecule has 0 saturated carbocycles. The second-order valence-electron chi connectivity index (χ2n) is 7.49. The van der Waals surface area contributed by atoms with Gasteiger partial charge >= 0.3 is 0 Å². The van der Waals surface area contributed by atoms with Crippen molar-refractivity contribution in [2.24, 2.45) is 0 Å². The van der Waals surface area contributed by atoms with Crippen molar-refractivity contribution in [2.75, 3.05) is 19.9 Å². The number of allylic oxidation sites excluding steroid dienone is 1. The van der Waals surface area contributed by atoms with Gasteiger partial charge in [0.1, 0.15) is 18.2 Å². The molecule has 1 atom stereocenters. The molecule has 0 N–H and O–H groups in total. The Morgan fingerprint density at radius 3 is 3.07 bits per heavy atom. The summed E-state index contributed by atoms with van der Waals surface area (Å²) in [6, 6.07) is 7.52. The number of benzene rings is 1. The van der Waals surface area contributed by atoms with Gasteiger partial charge in [-0.05, 0) is 43.5 Å². The number of carbonyl (C=O) groups excluding carboxylic acids is 1. The first-order chi connectivity index (χ1) is 13.7. The molecule has 28 heavy (non-hydrogen) atoms. The van der Waals surface area contributed by atoms with Crippen LogP contribution in [-0.4, -0.2) is 41.7 Å². The highest BCUT2D eigenvalue weighted by Gasteiger charge is 2.36. The molecule has 1 unspecified atom stereocenters. The lowest BCUT2D eigenvalue weighted by Gasteiger charge is -2.31. The number of rotatable bonds is 3. The summed E-state index contributed by atoms with van der Waals surface area (Å²) in [6.45, 7) is 4.79. The number of fused-ring (bicyclic) bond motifs is 3. The Labute approximate surface area is 163 Å². The molecule has 144 valence electrons. The minimum atomic E-state index is -0.0998. The van der Waals surface area contributed by atoms with E-state index in [1.165, 1.54) is 0 Å². The third-order valence-electron chi connectivity index (χ3n) is 5.44. The van der Waals surface area contributed by atoms with E-state index in [9.17, 15) is 4.79 Å². The lowest BCUT2D eigenvalue weighted by molar-refractivity contribution is 0.0273. The Morgan fingerprint density at radius 1 is 1.36 bits per heavy atom. The summed E-state index contributed by atoms with van der Waals surface area (Å²) in [5, 5.41) is 0. The standard InChI is InChI=1S/C22H22N2O4/c1-14-9-18-17(12-24(13-27-18)11-16-6-4-8-26-16)22-20(14)21(25)19(28-22)10-15-5-2-3-7-23-15/h2-3,5,7,9-10,16H,4,6,8,11-13H2,1H3/b19-10-. The number of aromatic nitrogens is 1. The molecule has 1 aromatic heterocycles. The van der Waals surface area contributed by atoms with Gasteiger partial charge in [-0.25, -0.2) is 0 Å². The first-order valence-electron chi connectivity index (χ1n) is 9.67. The summed E-state index contributed by atoms with van der Waals surface area (Å²) in [6.07, 6.45) is 5.85. The fourth-order valence-corrected chi connectivity index (χ4v) is 4.06. The van der Waals surface area contributed by atoms with Crippen molar-refractivity contribution in [1.82, 2.24) is 9.88 Å². The van der Waals surface area contributed by atoms with Gasteiger partial charge in [0.15, 0.2) is 5.76 Å². The second kappa shape index (κ2) is 7.04. The van der Waals surface area contributed by atoms with Crippen molar-refractivity contribution in [3.63, 3.8) is 0 Å². The maximum atomic E-state index is 13.0. The van der Waals surface area contributed by atoms with Crippen LogP contribution in [0.3, 0.4) is 0 Å². The van der Waals surface area contributed by atoms with Gasteiger partial charge in [0.25, 0.3) is 0 Å². The average molecular weight is 378 g/mol. The first kappa shape index (κ1) is 17.4. The molecule has 6 heteroatoms. The van der Waals surface area contributed by atoms with E-state index in [0.717, 1.165) is 42.9 Å². The topological polar surface area (TPSA) is 60.9 Å². The van der Waals surface area contributed by atoms with E-state index in [-0.39, 0.29) is 11.9 Å². The summed E-state index contributed by atoms with van der Waals surface area (Å²) >= 11 is 0. The SMILES string of the molecule is Cc1cc2c(c3c1C(=O)/C(=C/c1ccccn1)O3)CN(CC1CCCO1)CO2. The fraction of sp³-hybridized carbons (Fsp3) is 0.364. The van der Waals surface area contributed by atoms with E-state index in [1.54, 1.807) is 12.3 Å². The molecule has 0 amide bonds. The molecule has 2 aromatic rings. The Balaban J connectivity index is 1.46. The van der Waals surface area contributed by atoms with Crippen molar-refractivity contribution in [3.05, 3.63) is 58.6 Å². The Kier molecular flexibility index (Phi) is 4.37. The summed E-state index contributed by atoms with van der Waals surface area (Å²) < 4.78 is 17.8. The summed E-state index contributed by atoms with van der Waals surface area (Å²) in [4.78, 5) is 19.4. The maximum Gasteiger partial charge on any atom is 0.232 e. The molecular formula is C22H22N2O4. The predicted molar refractivity (Wildman–Crippen MR) is 103 cm³/mol. The van der Waals surface area contributed by atoms with Crippen molar-refractivity contribution in [1.29, 1.82) is 0 Å². The predicted octanol–water partition coefficient (Wildman–Crippen LogP) is 3.34. The normalized spacial score (nSPS) is 22.7. The fourth-order valence-electron chi connectivity index (χ4n) is 4.06. The Morgan fingerprint density at radius 2 is 2.29 bits per heavy atom. The Bertz CT molecular complexity index is 949. The number of aryl methyl sites for hydroxylation is 1. The van der Waals surface area contributed by atoms with Crippen LogP contribution in [0.2, 0.25) is 0 Å². The van der Waals surface area contributed by atoms with Crippen molar-refractivity contribution >= 4 is 11.9 Å². The summed E-state index contributed by atoms with van der Waals surface area (Å²) in [7, 11) is 0. The zero-order chi connectivity index (χ0) is 19.1. The molecule has 0 aliphatic carbocycles. The van der Waals surface area contributed by atoms with Crippen molar-refractivity contribution < 1.29 is 19.0 Å². The molecule has 3 aliphatic heterocycles. The molecule has 6 nitrogen and oxygen atoms in total. The van der Waals surface area contributed by atoms with Gasteiger partial charge in [-0.3, -0.25) is 14.7 Å². The Hall–Kier alpha value is -2.70. The van der Waals surface area contributed by atoms with Crippen molar-refractivity contribution in [2.45, 2.75) is 32.4 Å². The van der Waals surface area contributed by atoms with Gasteiger partial charge in [-0.1, -0.05) is 6.07 Å². The van der Waals surface area contributed by atoms with E-state index >= 15 is 0 Å².